The Morgan fingerprint density at radius 1 is 1.41 bits per heavy atom. The van der Waals surface area contributed by atoms with E-state index in [1.807, 2.05) is 32.0 Å². The fourth-order valence-electron chi connectivity index (χ4n) is 2.15. The molecule has 2 aromatic rings. The first kappa shape index (κ1) is 20.7. The standard InChI is InChI=1S/C15H22N4O.2ClH/c1-10-5-4-6-12-15(10)18-13(17-12)7-8-14(20)19(3)11(2)9-16;;/h4-6,11H,7-9,16H2,1-3H3,(H,17,18);2*1H. The largest absolute Gasteiger partial charge is 0.342 e. The van der Waals surface area contributed by atoms with Gasteiger partial charge in [-0.25, -0.2) is 4.98 Å². The first-order valence-corrected chi connectivity index (χ1v) is 6.93. The van der Waals surface area contributed by atoms with Crippen LogP contribution < -0.4 is 5.73 Å². The molecule has 1 aromatic carbocycles. The van der Waals surface area contributed by atoms with Gasteiger partial charge in [-0.3, -0.25) is 4.79 Å². The number of benzene rings is 1. The van der Waals surface area contributed by atoms with Gasteiger partial charge in [0.1, 0.15) is 5.82 Å². The average Bonchev–Trinajstić information content (AvgIpc) is 2.87. The van der Waals surface area contributed by atoms with E-state index in [9.17, 15) is 4.79 Å². The molecule has 1 aromatic heterocycles. The zero-order valence-corrected chi connectivity index (χ0v) is 14.8. The van der Waals surface area contributed by atoms with Crippen molar-refractivity contribution < 1.29 is 4.79 Å². The predicted molar refractivity (Wildman–Crippen MR) is 94.9 cm³/mol. The van der Waals surface area contributed by atoms with Gasteiger partial charge in [0.15, 0.2) is 0 Å². The number of halogens is 2. The second-order valence-electron chi connectivity index (χ2n) is 5.24. The zero-order valence-electron chi connectivity index (χ0n) is 13.1. The molecule has 0 spiro atoms. The third-order valence-electron chi connectivity index (χ3n) is 3.73. The third-order valence-corrected chi connectivity index (χ3v) is 3.73. The summed E-state index contributed by atoms with van der Waals surface area (Å²) in [6.07, 6.45) is 1.06. The monoisotopic (exact) mass is 346 g/mol. The summed E-state index contributed by atoms with van der Waals surface area (Å²) in [5, 5.41) is 0. The number of fused-ring (bicyclic) bond motifs is 1. The van der Waals surface area contributed by atoms with E-state index in [4.69, 9.17) is 5.73 Å². The van der Waals surface area contributed by atoms with E-state index in [1.165, 1.54) is 0 Å². The summed E-state index contributed by atoms with van der Waals surface area (Å²) in [5.74, 6) is 0.955. The number of hydrogen-bond donors (Lipinski definition) is 2. The maximum Gasteiger partial charge on any atom is 0.223 e. The number of aromatic amines is 1. The lowest BCUT2D eigenvalue weighted by Crippen LogP contribution is -2.39. The summed E-state index contributed by atoms with van der Waals surface area (Å²) < 4.78 is 0. The zero-order chi connectivity index (χ0) is 14.7. The predicted octanol–water partition coefficient (Wildman–Crippen LogP) is 2.45. The normalized spacial score (nSPS) is 11.5. The number of aromatic nitrogens is 2. The van der Waals surface area contributed by atoms with Crippen molar-refractivity contribution in [1.82, 2.24) is 14.9 Å². The molecule has 0 saturated heterocycles. The molecule has 0 aliphatic carbocycles. The lowest BCUT2D eigenvalue weighted by Gasteiger charge is -2.23. The van der Waals surface area contributed by atoms with Gasteiger partial charge < -0.3 is 15.6 Å². The number of carbonyl (C=O) groups excluding carboxylic acids is 1. The Bertz CT molecular complexity index is 615. The SMILES string of the molecule is Cc1cccc2[nH]c(CCC(=O)N(C)C(C)CN)nc12.Cl.Cl. The molecular weight excluding hydrogens is 323 g/mol. The van der Waals surface area contributed by atoms with E-state index < -0.39 is 0 Å². The highest BCUT2D eigenvalue weighted by Crippen LogP contribution is 2.16. The van der Waals surface area contributed by atoms with Crippen LogP contribution in [0.3, 0.4) is 0 Å². The quantitative estimate of drug-likeness (QED) is 0.872. The Morgan fingerprint density at radius 3 is 2.68 bits per heavy atom. The molecule has 5 nitrogen and oxygen atoms in total. The molecule has 0 aliphatic heterocycles. The van der Waals surface area contributed by atoms with Gasteiger partial charge >= 0.3 is 0 Å². The van der Waals surface area contributed by atoms with E-state index in [0.717, 1.165) is 22.4 Å². The minimum absolute atomic E-state index is 0. The lowest BCUT2D eigenvalue weighted by atomic mass is 10.2. The van der Waals surface area contributed by atoms with Crippen LogP contribution in [0.15, 0.2) is 18.2 Å². The highest BCUT2D eigenvalue weighted by molar-refractivity contribution is 5.85. The maximum atomic E-state index is 12.0. The maximum absolute atomic E-state index is 12.0. The Labute approximate surface area is 143 Å². The molecule has 3 N–H and O–H groups in total. The van der Waals surface area contributed by atoms with E-state index in [-0.39, 0.29) is 36.8 Å². The van der Waals surface area contributed by atoms with Gasteiger partial charge in [0.05, 0.1) is 11.0 Å². The van der Waals surface area contributed by atoms with Crippen molar-refractivity contribution in [2.24, 2.45) is 5.73 Å². The van der Waals surface area contributed by atoms with Gasteiger partial charge in [0, 0.05) is 32.5 Å². The average molecular weight is 347 g/mol. The number of rotatable bonds is 5. The Kier molecular flexibility index (Phi) is 8.45. The lowest BCUT2D eigenvalue weighted by molar-refractivity contribution is -0.131. The van der Waals surface area contributed by atoms with Crippen molar-refractivity contribution >= 4 is 41.8 Å². The van der Waals surface area contributed by atoms with Gasteiger partial charge in [0.2, 0.25) is 5.91 Å². The number of aryl methyl sites for hydroxylation is 2. The molecule has 0 saturated carbocycles. The van der Waals surface area contributed by atoms with E-state index in [2.05, 4.69) is 9.97 Å². The molecule has 1 unspecified atom stereocenters. The number of H-pyrrole nitrogens is 1. The van der Waals surface area contributed by atoms with Crippen LogP contribution in [0, 0.1) is 6.92 Å². The molecule has 7 heteroatoms. The Hall–Kier alpha value is -1.30. The molecule has 124 valence electrons. The number of amides is 1. The van der Waals surface area contributed by atoms with Crippen molar-refractivity contribution in [3.63, 3.8) is 0 Å². The molecule has 22 heavy (non-hydrogen) atoms. The van der Waals surface area contributed by atoms with Crippen LogP contribution in [0.5, 0.6) is 0 Å². The molecule has 1 amide bonds. The van der Waals surface area contributed by atoms with Gasteiger partial charge in [-0.2, -0.15) is 0 Å². The number of nitrogens with zero attached hydrogens (tertiary/aromatic N) is 2. The molecule has 0 radical (unpaired) electrons. The number of nitrogens with one attached hydrogen (secondary N) is 1. The minimum Gasteiger partial charge on any atom is -0.342 e. The summed E-state index contributed by atoms with van der Waals surface area (Å²) in [4.78, 5) is 21.6. The van der Waals surface area contributed by atoms with Crippen LogP contribution in [0.1, 0.15) is 24.7 Å². The minimum atomic E-state index is 0. The molecule has 1 heterocycles. The second kappa shape index (κ2) is 8.98. The number of carbonyl (C=O) groups is 1. The summed E-state index contributed by atoms with van der Waals surface area (Å²) in [7, 11) is 1.79. The molecule has 0 fully saturated rings. The van der Waals surface area contributed by atoms with Crippen LogP contribution >= 0.6 is 24.8 Å². The van der Waals surface area contributed by atoms with E-state index >= 15 is 0 Å². The topological polar surface area (TPSA) is 75.0 Å². The highest BCUT2D eigenvalue weighted by atomic mass is 35.5. The Balaban J connectivity index is 0.00000220. The van der Waals surface area contributed by atoms with Gasteiger partial charge in [-0.1, -0.05) is 12.1 Å². The van der Waals surface area contributed by atoms with Gasteiger partial charge in [-0.05, 0) is 25.5 Å². The summed E-state index contributed by atoms with van der Waals surface area (Å²) in [6.45, 7) is 4.46. The number of likely N-dealkylation sites (N-methyl/N-ethyl adjacent to an activating group) is 1. The first-order chi connectivity index (χ1) is 9.52. The molecule has 2 rings (SSSR count). The van der Waals surface area contributed by atoms with Crippen molar-refractivity contribution in [3.8, 4) is 0 Å². The van der Waals surface area contributed by atoms with Crippen LogP contribution in [-0.4, -0.2) is 40.4 Å². The number of imidazole rings is 1. The van der Waals surface area contributed by atoms with Gasteiger partial charge in [0.25, 0.3) is 0 Å². The molecule has 0 aliphatic rings. The van der Waals surface area contributed by atoms with Crippen molar-refractivity contribution in [3.05, 3.63) is 29.6 Å². The summed E-state index contributed by atoms with van der Waals surface area (Å²) in [5.41, 5.74) is 8.73. The Morgan fingerprint density at radius 2 is 2.09 bits per heavy atom. The summed E-state index contributed by atoms with van der Waals surface area (Å²) in [6, 6.07) is 6.11. The van der Waals surface area contributed by atoms with Gasteiger partial charge in [-0.15, -0.1) is 24.8 Å². The molecule has 1 atom stereocenters. The van der Waals surface area contributed by atoms with Crippen LogP contribution in [0.25, 0.3) is 11.0 Å². The number of nitrogens with two attached hydrogens (primary N) is 1. The third kappa shape index (κ3) is 4.60. The number of para-hydroxylation sites is 1. The summed E-state index contributed by atoms with van der Waals surface area (Å²) >= 11 is 0. The highest BCUT2D eigenvalue weighted by Gasteiger charge is 2.15. The fourth-order valence-corrected chi connectivity index (χ4v) is 2.15. The van der Waals surface area contributed by atoms with E-state index in [1.54, 1.807) is 11.9 Å². The van der Waals surface area contributed by atoms with Crippen LogP contribution in [0.2, 0.25) is 0 Å². The van der Waals surface area contributed by atoms with Crippen molar-refractivity contribution in [2.75, 3.05) is 13.6 Å². The van der Waals surface area contributed by atoms with Crippen molar-refractivity contribution in [2.45, 2.75) is 32.7 Å². The first-order valence-electron chi connectivity index (χ1n) is 6.93. The second-order valence-corrected chi connectivity index (χ2v) is 5.24. The smallest absolute Gasteiger partial charge is 0.223 e. The number of hydrogen-bond acceptors (Lipinski definition) is 3. The fraction of sp³-hybridized carbons (Fsp3) is 0.467. The van der Waals surface area contributed by atoms with E-state index in [0.29, 0.717) is 19.4 Å². The van der Waals surface area contributed by atoms with Crippen LogP contribution in [-0.2, 0) is 11.2 Å². The molecule has 0 bridgehead atoms. The van der Waals surface area contributed by atoms with Crippen molar-refractivity contribution in [1.29, 1.82) is 0 Å². The van der Waals surface area contributed by atoms with Crippen LogP contribution in [0.4, 0.5) is 0 Å². The molecular formula is C15H24Cl2N4O.